The molecule has 0 fully saturated rings. The Labute approximate surface area is 124 Å². The first-order chi connectivity index (χ1) is 9.13. The van der Waals surface area contributed by atoms with Gasteiger partial charge >= 0.3 is 0 Å². The monoisotopic (exact) mass is 367 g/mol. The summed E-state index contributed by atoms with van der Waals surface area (Å²) in [6.07, 6.45) is 3.06. The average Bonchev–Trinajstić information content (AvgIpc) is 2.41. The Morgan fingerprint density at radius 2 is 1.68 bits per heavy atom. The molecule has 2 aromatic rings. The Balaban J connectivity index is 1.97. The number of rotatable bonds is 3. The molecular formula is C15H11FINO. The highest BCUT2D eigenvalue weighted by atomic mass is 127. The van der Waals surface area contributed by atoms with Crippen LogP contribution in [0.5, 0.6) is 0 Å². The van der Waals surface area contributed by atoms with Gasteiger partial charge in [-0.1, -0.05) is 12.1 Å². The van der Waals surface area contributed by atoms with Gasteiger partial charge in [0.25, 0.3) is 0 Å². The molecule has 0 aliphatic carbocycles. The van der Waals surface area contributed by atoms with Crippen LogP contribution >= 0.6 is 22.6 Å². The Morgan fingerprint density at radius 1 is 1.05 bits per heavy atom. The van der Waals surface area contributed by atoms with E-state index in [1.807, 2.05) is 24.3 Å². The van der Waals surface area contributed by atoms with Crippen molar-refractivity contribution in [2.24, 2.45) is 0 Å². The van der Waals surface area contributed by atoms with Crippen LogP contribution in [-0.2, 0) is 4.79 Å². The van der Waals surface area contributed by atoms with Crippen molar-refractivity contribution >= 4 is 40.3 Å². The molecule has 0 atom stereocenters. The summed E-state index contributed by atoms with van der Waals surface area (Å²) < 4.78 is 13.8. The van der Waals surface area contributed by atoms with Gasteiger partial charge in [-0.3, -0.25) is 4.79 Å². The molecule has 1 N–H and O–H groups in total. The van der Waals surface area contributed by atoms with Crippen molar-refractivity contribution in [3.05, 3.63) is 69.6 Å². The molecule has 0 aromatic heterocycles. The van der Waals surface area contributed by atoms with E-state index in [0.717, 1.165) is 14.8 Å². The summed E-state index contributed by atoms with van der Waals surface area (Å²) in [5.74, 6) is -0.508. The Morgan fingerprint density at radius 3 is 2.32 bits per heavy atom. The molecule has 0 saturated heterocycles. The predicted molar refractivity (Wildman–Crippen MR) is 83.2 cm³/mol. The lowest BCUT2D eigenvalue weighted by Gasteiger charge is -2.01. The minimum absolute atomic E-state index is 0.217. The van der Waals surface area contributed by atoms with Gasteiger partial charge in [-0.2, -0.15) is 0 Å². The van der Waals surface area contributed by atoms with Gasteiger partial charge in [-0.15, -0.1) is 0 Å². The lowest BCUT2D eigenvalue weighted by atomic mass is 10.2. The number of nitrogens with one attached hydrogen (secondary N) is 1. The molecule has 0 saturated carbocycles. The van der Waals surface area contributed by atoms with Crippen molar-refractivity contribution in [2.75, 3.05) is 5.32 Å². The normalized spacial score (nSPS) is 10.6. The number of amides is 1. The molecular weight excluding hydrogens is 356 g/mol. The third-order valence-electron chi connectivity index (χ3n) is 2.41. The summed E-state index contributed by atoms with van der Waals surface area (Å²) in [5.41, 5.74) is 1.52. The fourth-order valence-corrected chi connectivity index (χ4v) is 1.82. The smallest absolute Gasteiger partial charge is 0.248 e. The lowest BCUT2D eigenvalue weighted by Crippen LogP contribution is -2.07. The average molecular weight is 367 g/mol. The highest BCUT2D eigenvalue weighted by Gasteiger charge is 1.97. The van der Waals surface area contributed by atoms with Gasteiger partial charge in [0.05, 0.1) is 0 Å². The van der Waals surface area contributed by atoms with Gasteiger partial charge in [0.15, 0.2) is 0 Å². The molecule has 2 aromatic carbocycles. The first-order valence-electron chi connectivity index (χ1n) is 5.64. The second-order valence-corrected chi connectivity index (χ2v) is 5.13. The van der Waals surface area contributed by atoms with Crippen LogP contribution in [0.2, 0.25) is 0 Å². The van der Waals surface area contributed by atoms with Gasteiger partial charge < -0.3 is 5.32 Å². The van der Waals surface area contributed by atoms with Crippen LogP contribution in [0.4, 0.5) is 10.1 Å². The predicted octanol–water partition coefficient (Wildman–Crippen LogP) is 4.08. The van der Waals surface area contributed by atoms with E-state index in [1.165, 1.54) is 18.2 Å². The molecule has 0 spiro atoms. The molecule has 19 heavy (non-hydrogen) atoms. The summed E-state index contributed by atoms with van der Waals surface area (Å²) >= 11 is 2.20. The van der Waals surface area contributed by atoms with Crippen LogP contribution in [0.1, 0.15) is 5.56 Å². The zero-order chi connectivity index (χ0) is 13.7. The van der Waals surface area contributed by atoms with Gasteiger partial charge in [0, 0.05) is 15.3 Å². The van der Waals surface area contributed by atoms with E-state index < -0.39 is 0 Å². The van der Waals surface area contributed by atoms with Crippen molar-refractivity contribution in [1.82, 2.24) is 0 Å². The lowest BCUT2D eigenvalue weighted by molar-refractivity contribution is -0.111. The van der Waals surface area contributed by atoms with Crippen molar-refractivity contribution < 1.29 is 9.18 Å². The van der Waals surface area contributed by atoms with Crippen LogP contribution in [0, 0.1) is 9.39 Å². The third kappa shape index (κ3) is 4.48. The fourth-order valence-electron chi connectivity index (χ4n) is 1.46. The fraction of sp³-hybridized carbons (Fsp3) is 0. The number of carbonyl (C=O) groups excluding carboxylic acids is 1. The highest BCUT2D eigenvalue weighted by molar-refractivity contribution is 14.1. The second-order valence-electron chi connectivity index (χ2n) is 3.88. The second kappa shape index (κ2) is 6.47. The van der Waals surface area contributed by atoms with E-state index in [0.29, 0.717) is 0 Å². The number of benzene rings is 2. The van der Waals surface area contributed by atoms with Gasteiger partial charge in [0.1, 0.15) is 5.82 Å². The third-order valence-corrected chi connectivity index (χ3v) is 3.13. The molecule has 4 heteroatoms. The van der Waals surface area contributed by atoms with Crippen molar-refractivity contribution in [3.8, 4) is 0 Å². The van der Waals surface area contributed by atoms with E-state index >= 15 is 0 Å². The number of anilines is 1. The number of hydrogen-bond acceptors (Lipinski definition) is 1. The van der Waals surface area contributed by atoms with Crippen molar-refractivity contribution in [1.29, 1.82) is 0 Å². The topological polar surface area (TPSA) is 29.1 Å². The first-order valence-corrected chi connectivity index (χ1v) is 6.71. The number of carbonyl (C=O) groups is 1. The Kier molecular flexibility index (Phi) is 4.68. The summed E-state index contributed by atoms with van der Waals surface area (Å²) in [4.78, 5) is 11.7. The van der Waals surface area contributed by atoms with Gasteiger partial charge in [0.2, 0.25) is 5.91 Å². The van der Waals surface area contributed by atoms with Gasteiger partial charge in [-0.05, 0) is 70.6 Å². The molecule has 0 bridgehead atoms. The maximum Gasteiger partial charge on any atom is 0.248 e. The zero-order valence-corrected chi connectivity index (χ0v) is 12.1. The number of hydrogen-bond donors (Lipinski definition) is 1. The van der Waals surface area contributed by atoms with E-state index in [1.54, 1.807) is 18.2 Å². The van der Waals surface area contributed by atoms with E-state index in [9.17, 15) is 9.18 Å². The van der Waals surface area contributed by atoms with Gasteiger partial charge in [-0.25, -0.2) is 4.39 Å². The van der Waals surface area contributed by atoms with Crippen molar-refractivity contribution in [2.45, 2.75) is 0 Å². The maximum absolute atomic E-state index is 12.7. The summed E-state index contributed by atoms with van der Waals surface area (Å²) in [6.45, 7) is 0. The zero-order valence-electron chi connectivity index (χ0n) is 9.94. The largest absolute Gasteiger partial charge is 0.323 e. The molecule has 0 radical (unpaired) electrons. The molecule has 0 aliphatic rings. The molecule has 2 rings (SSSR count). The molecule has 1 amide bonds. The minimum Gasteiger partial charge on any atom is -0.323 e. The van der Waals surface area contributed by atoms with Crippen LogP contribution in [0.25, 0.3) is 6.08 Å². The number of halogens is 2. The van der Waals surface area contributed by atoms with E-state index in [2.05, 4.69) is 27.9 Å². The summed E-state index contributed by atoms with van der Waals surface area (Å²) in [6, 6.07) is 13.5. The Bertz CT molecular complexity index is 591. The van der Waals surface area contributed by atoms with Crippen LogP contribution < -0.4 is 5.32 Å². The van der Waals surface area contributed by atoms with Crippen molar-refractivity contribution in [3.63, 3.8) is 0 Å². The quantitative estimate of drug-likeness (QED) is 0.643. The van der Waals surface area contributed by atoms with E-state index in [-0.39, 0.29) is 11.7 Å². The molecule has 0 unspecified atom stereocenters. The molecule has 0 aliphatic heterocycles. The SMILES string of the molecule is O=C(C=Cc1ccc(F)cc1)Nc1ccc(I)cc1. The first kappa shape index (κ1) is 13.7. The molecule has 0 heterocycles. The Hall–Kier alpha value is -1.69. The standard InChI is InChI=1S/C15H11FINO/c16-12-4-1-11(2-5-12)3-10-15(19)18-14-8-6-13(17)7-9-14/h1-10H,(H,18,19). The summed E-state index contributed by atoms with van der Waals surface area (Å²) in [7, 11) is 0. The van der Waals surface area contributed by atoms with Crippen LogP contribution in [-0.4, -0.2) is 5.91 Å². The maximum atomic E-state index is 12.7. The van der Waals surface area contributed by atoms with Crippen LogP contribution in [0.3, 0.4) is 0 Å². The highest BCUT2D eigenvalue weighted by Crippen LogP contribution is 2.11. The molecule has 2 nitrogen and oxygen atoms in total. The van der Waals surface area contributed by atoms with Crippen LogP contribution in [0.15, 0.2) is 54.6 Å². The van der Waals surface area contributed by atoms with E-state index in [4.69, 9.17) is 0 Å². The molecule has 96 valence electrons. The summed E-state index contributed by atoms with van der Waals surface area (Å²) in [5, 5.41) is 2.75. The minimum atomic E-state index is -0.291.